The van der Waals surface area contributed by atoms with Crippen LogP contribution in [0.5, 0.6) is 0 Å². The quantitative estimate of drug-likeness (QED) is 0.894. The first-order valence-electron chi connectivity index (χ1n) is 5.50. The van der Waals surface area contributed by atoms with Gasteiger partial charge in [0.05, 0.1) is 10.8 Å². The molecular weight excluding hydrogens is 258 g/mol. The molecule has 0 spiro atoms. The largest absolute Gasteiger partial charge is 0.481 e. The molecule has 1 aromatic rings. The Morgan fingerprint density at radius 1 is 1.47 bits per heavy atom. The highest BCUT2D eigenvalue weighted by atomic mass is 35.5. The molecule has 0 aromatic carbocycles. The van der Waals surface area contributed by atoms with Crippen LogP contribution in [-0.4, -0.2) is 28.1 Å². The van der Waals surface area contributed by atoms with Crippen LogP contribution in [0.1, 0.15) is 32.1 Å². The van der Waals surface area contributed by atoms with E-state index in [0.717, 1.165) is 15.8 Å². The van der Waals surface area contributed by atoms with E-state index in [4.69, 9.17) is 16.7 Å². The third-order valence-corrected chi connectivity index (χ3v) is 3.74. The number of carbonyl (C=O) groups is 1. The molecule has 0 aliphatic rings. The van der Waals surface area contributed by atoms with Crippen LogP contribution in [0.15, 0.2) is 12.1 Å². The zero-order chi connectivity index (χ0) is 13.1. The van der Waals surface area contributed by atoms with Gasteiger partial charge in [-0.05, 0) is 32.9 Å². The number of carboxylic acid groups (broad SMARTS) is 1. The number of carboxylic acids is 1. The highest BCUT2D eigenvalue weighted by Gasteiger charge is 2.22. The summed E-state index contributed by atoms with van der Waals surface area (Å²) in [4.78, 5) is 14.0. The second-order valence-corrected chi connectivity index (χ2v) is 6.74. The predicted octanol–water partition coefficient (Wildman–Crippen LogP) is 3.48. The maximum atomic E-state index is 10.6. The number of nitrogens with zero attached hydrogens (tertiary/aromatic N) is 1. The summed E-state index contributed by atoms with van der Waals surface area (Å²) in [5, 5.41) is 8.75. The van der Waals surface area contributed by atoms with Crippen molar-refractivity contribution in [3.8, 4) is 0 Å². The fourth-order valence-corrected chi connectivity index (χ4v) is 2.61. The van der Waals surface area contributed by atoms with Crippen LogP contribution >= 0.6 is 22.9 Å². The maximum absolute atomic E-state index is 10.6. The summed E-state index contributed by atoms with van der Waals surface area (Å²) in [5.41, 5.74) is -0.0497. The Balaban J connectivity index is 2.67. The molecule has 96 valence electrons. The molecule has 0 aliphatic heterocycles. The number of rotatable bonds is 5. The van der Waals surface area contributed by atoms with E-state index in [1.165, 1.54) is 0 Å². The highest BCUT2D eigenvalue weighted by Crippen LogP contribution is 2.25. The third-order valence-electron chi connectivity index (χ3n) is 2.52. The third kappa shape index (κ3) is 5.06. The van der Waals surface area contributed by atoms with Crippen LogP contribution in [0.25, 0.3) is 0 Å². The zero-order valence-corrected chi connectivity index (χ0v) is 11.9. The smallest absolute Gasteiger partial charge is 0.304 e. The lowest BCUT2D eigenvalue weighted by Gasteiger charge is -2.35. The fourth-order valence-electron chi connectivity index (χ4n) is 1.51. The average Bonchev–Trinajstić information content (AvgIpc) is 2.56. The lowest BCUT2D eigenvalue weighted by Crippen LogP contribution is -2.41. The Kier molecular flexibility index (Phi) is 4.98. The summed E-state index contributed by atoms with van der Waals surface area (Å²) < 4.78 is 0.770. The molecular formula is C12H18ClNO2S. The molecule has 1 rings (SSSR count). The van der Waals surface area contributed by atoms with E-state index in [2.05, 4.69) is 25.7 Å². The highest BCUT2D eigenvalue weighted by molar-refractivity contribution is 7.16. The van der Waals surface area contributed by atoms with Crippen LogP contribution in [0.2, 0.25) is 4.34 Å². The van der Waals surface area contributed by atoms with Gasteiger partial charge in [-0.3, -0.25) is 9.69 Å². The monoisotopic (exact) mass is 275 g/mol. The standard InChI is InChI=1S/C12H18ClNO2S/c1-12(2,3)14(7-6-11(15)16)8-9-4-5-10(13)17-9/h4-5H,6-8H2,1-3H3,(H,15,16). The molecule has 1 N–H and O–H groups in total. The normalized spacial score (nSPS) is 12.1. The molecule has 0 bridgehead atoms. The predicted molar refractivity (Wildman–Crippen MR) is 71.7 cm³/mol. The summed E-state index contributed by atoms with van der Waals surface area (Å²) in [6.45, 7) is 7.56. The van der Waals surface area contributed by atoms with E-state index in [9.17, 15) is 4.79 Å². The van der Waals surface area contributed by atoms with Crippen molar-refractivity contribution in [2.75, 3.05) is 6.54 Å². The summed E-state index contributed by atoms with van der Waals surface area (Å²) in [6.07, 6.45) is 0.163. The van der Waals surface area contributed by atoms with Gasteiger partial charge in [0, 0.05) is 23.5 Å². The number of aliphatic carboxylic acids is 1. The van der Waals surface area contributed by atoms with E-state index < -0.39 is 5.97 Å². The average molecular weight is 276 g/mol. The van der Waals surface area contributed by atoms with Gasteiger partial charge in [-0.2, -0.15) is 0 Å². The minimum Gasteiger partial charge on any atom is -0.481 e. The van der Waals surface area contributed by atoms with Gasteiger partial charge < -0.3 is 5.11 Å². The minimum absolute atomic E-state index is 0.0497. The maximum Gasteiger partial charge on any atom is 0.304 e. The molecule has 0 aliphatic carbocycles. The Bertz CT molecular complexity index is 384. The number of halogens is 1. The molecule has 0 fully saturated rings. The van der Waals surface area contributed by atoms with Crippen molar-refractivity contribution in [3.63, 3.8) is 0 Å². The second-order valence-electron chi connectivity index (χ2n) is 4.94. The lowest BCUT2D eigenvalue weighted by atomic mass is 10.1. The van der Waals surface area contributed by atoms with Crippen molar-refractivity contribution in [1.82, 2.24) is 4.90 Å². The van der Waals surface area contributed by atoms with Gasteiger partial charge in [-0.1, -0.05) is 11.6 Å². The van der Waals surface area contributed by atoms with Crippen molar-refractivity contribution in [3.05, 3.63) is 21.3 Å². The molecule has 0 saturated heterocycles. The van der Waals surface area contributed by atoms with Gasteiger partial charge in [0.15, 0.2) is 0 Å². The Morgan fingerprint density at radius 2 is 2.12 bits per heavy atom. The van der Waals surface area contributed by atoms with Gasteiger partial charge in [0.1, 0.15) is 0 Å². The SMILES string of the molecule is CC(C)(C)N(CCC(=O)O)Cc1ccc(Cl)s1. The Labute approximate surface area is 111 Å². The Morgan fingerprint density at radius 3 is 2.53 bits per heavy atom. The molecule has 0 unspecified atom stereocenters. The van der Waals surface area contributed by atoms with Gasteiger partial charge in [0.25, 0.3) is 0 Å². The van der Waals surface area contributed by atoms with E-state index in [-0.39, 0.29) is 12.0 Å². The van der Waals surface area contributed by atoms with Crippen molar-refractivity contribution in [1.29, 1.82) is 0 Å². The molecule has 5 heteroatoms. The first kappa shape index (κ1) is 14.5. The van der Waals surface area contributed by atoms with E-state index in [1.54, 1.807) is 11.3 Å². The molecule has 3 nitrogen and oxygen atoms in total. The number of hydrogen-bond acceptors (Lipinski definition) is 3. The van der Waals surface area contributed by atoms with Gasteiger partial charge in [-0.25, -0.2) is 0 Å². The van der Waals surface area contributed by atoms with Crippen LogP contribution < -0.4 is 0 Å². The second kappa shape index (κ2) is 5.85. The Hall–Kier alpha value is -0.580. The van der Waals surface area contributed by atoms with Crippen molar-refractivity contribution in [2.45, 2.75) is 39.3 Å². The topological polar surface area (TPSA) is 40.5 Å². The molecule has 0 saturated carbocycles. The number of thiophene rings is 1. The molecule has 1 heterocycles. The van der Waals surface area contributed by atoms with Crippen LogP contribution in [0.4, 0.5) is 0 Å². The van der Waals surface area contributed by atoms with Crippen LogP contribution in [0.3, 0.4) is 0 Å². The summed E-state index contributed by atoms with van der Waals surface area (Å²) >= 11 is 7.43. The minimum atomic E-state index is -0.761. The molecule has 17 heavy (non-hydrogen) atoms. The summed E-state index contributed by atoms with van der Waals surface area (Å²) in [6, 6.07) is 3.87. The molecule has 0 amide bonds. The zero-order valence-electron chi connectivity index (χ0n) is 10.4. The summed E-state index contributed by atoms with van der Waals surface area (Å²) in [7, 11) is 0. The first-order chi connectivity index (χ1) is 7.79. The van der Waals surface area contributed by atoms with Crippen LogP contribution in [0, 0.1) is 0 Å². The molecule has 0 atom stereocenters. The van der Waals surface area contributed by atoms with E-state index in [0.29, 0.717) is 6.54 Å². The van der Waals surface area contributed by atoms with Crippen LogP contribution in [-0.2, 0) is 11.3 Å². The van der Waals surface area contributed by atoms with Gasteiger partial charge >= 0.3 is 5.97 Å². The van der Waals surface area contributed by atoms with Gasteiger partial charge in [-0.15, -0.1) is 11.3 Å². The van der Waals surface area contributed by atoms with E-state index >= 15 is 0 Å². The fraction of sp³-hybridized carbons (Fsp3) is 0.583. The summed E-state index contributed by atoms with van der Waals surface area (Å²) in [5.74, 6) is -0.761. The van der Waals surface area contributed by atoms with Crippen molar-refractivity contribution >= 4 is 28.9 Å². The molecule has 1 aromatic heterocycles. The van der Waals surface area contributed by atoms with Crippen molar-refractivity contribution < 1.29 is 9.90 Å². The van der Waals surface area contributed by atoms with E-state index in [1.807, 2.05) is 12.1 Å². The van der Waals surface area contributed by atoms with Crippen molar-refractivity contribution in [2.24, 2.45) is 0 Å². The van der Waals surface area contributed by atoms with Gasteiger partial charge in [0.2, 0.25) is 0 Å². The lowest BCUT2D eigenvalue weighted by molar-refractivity contribution is -0.137. The number of hydrogen-bond donors (Lipinski definition) is 1. The molecule has 0 radical (unpaired) electrons. The first-order valence-corrected chi connectivity index (χ1v) is 6.69.